The van der Waals surface area contributed by atoms with Crippen molar-refractivity contribution in [3.05, 3.63) is 101 Å². The zero-order valence-corrected chi connectivity index (χ0v) is 19.8. The van der Waals surface area contributed by atoms with Crippen LogP contribution in [0.5, 0.6) is 0 Å². The van der Waals surface area contributed by atoms with Crippen LogP contribution >= 0.6 is 0 Å². The van der Waals surface area contributed by atoms with E-state index in [1.54, 1.807) is 12.1 Å². The van der Waals surface area contributed by atoms with Gasteiger partial charge in [0.25, 0.3) is 0 Å². The number of nitrogens with zero attached hydrogens (tertiary/aromatic N) is 1. The average molecular weight is 475 g/mol. The summed E-state index contributed by atoms with van der Waals surface area (Å²) >= 11 is 0. The van der Waals surface area contributed by atoms with Crippen LogP contribution in [0, 0.1) is 17.7 Å². The van der Waals surface area contributed by atoms with E-state index in [0.717, 1.165) is 36.2 Å². The van der Waals surface area contributed by atoms with Gasteiger partial charge in [0.2, 0.25) is 0 Å². The normalized spacial score (nSPS) is 21.5. The number of aliphatic hydroxyl groups excluding tert-OH is 1. The van der Waals surface area contributed by atoms with Gasteiger partial charge < -0.3 is 21.2 Å². The highest BCUT2D eigenvalue weighted by atomic mass is 19.1. The Labute approximate surface area is 205 Å². The third-order valence-electron chi connectivity index (χ3n) is 7.21. The Morgan fingerprint density at radius 1 is 1.20 bits per heavy atom. The van der Waals surface area contributed by atoms with Crippen LogP contribution < -0.4 is 21.1 Å². The maximum Gasteiger partial charge on any atom is 0.315 e. The summed E-state index contributed by atoms with van der Waals surface area (Å²) in [5, 5.41) is 16.9. The molecule has 182 valence electrons. The summed E-state index contributed by atoms with van der Waals surface area (Å²) in [4.78, 5) is 12.4. The quantitative estimate of drug-likeness (QED) is 0.469. The lowest BCUT2D eigenvalue weighted by molar-refractivity contribution is 0.228. The Balaban J connectivity index is 1.39. The number of urea groups is 1. The summed E-state index contributed by atoms with van der Waals surface area (Å²) in [6.07, 6.45) is 7.17. The zero-order valence-electron chi connectivity index (χ0n) is 19.8. The second-order valence-corrected chi connectivity index (χ2v) is 9.33. The number of rotatable bonds is 7. The molecular formula is C28H31FN4O2. The molecule has 0 saturated heterocycles. The lowest BCUT2D eigenvalue weighted by atomic mass is 9.78. The van der Waals surface area contributed by atoms with Gasteiger partial charge in [0, 0.05) is 24.2 Å². The highest BCUT2D eigenvalue weighted by Crippen LogP contribution is 2.49. The molecule has 0 bridgehead atoms. The molecule has 0 radical (unpaired) electrons. The lowest BCUT2D eigenvalue weighted by Gasteiger charge is -2.31. The van der Waals surface area contributed by atoms with Crippen LogP contribution in [-0.4, -0.2) is 24.3 Å². The first-order valence-electron chi connectivity index (χ1n) is 12.2. The number of allylic oxidation sites excluding steroid dienone is 4. The first kappa shape index (κ1) is 23.2. The monoisotopic (exact) mass is 474 g/mol. The second-order valence-electron chi connectivity index (χ2n) is 9.33. The molecule has 0 fully saturated rings. The third-order valence-corrected chi connectivity index (χ3v) is 7.21. The topological polar surface area (TPSA) is 76.6 Å². The number of nitrogens with one attached hydrogen (secondary N) is 3. The summed E-state index contributed by atoms with van der Waals surface area (Å²) in [6, 6.07) is 16.2. The summed E-state index contributed by atoms with van der Waals surface area (Å²) in [7, 11) is 0. The molecule has 3 aliphatic rings. The van der Waals surface area contributed by atoms with Crippen LogP contribution in [0.15, 0.2) is 89.3 Å². The molecule has 35 heavy (non-hydrogen) atoms. The van der Waals surface area contributed by atoms with Crippen LogP contribution in [0.1, 0.15) is 37.8 Å². The Morgan fingerprint density at radius 2 is 1.97 bits per heavy atom. The number of hydrazine groups is 1. The molecule has 7 heteroatoms. The third kappa shape index (κ3) is 4.68. The van der Waals surface area contributed by atoms with Crippen molar-refractivity contribution in [2.24, 2.45) is 11.8 Å². The Hall–Kier alpha value is -3.58. The van der Waals surface area contributed by atoms with Gasteiger partial charge in [-0.2, -0.15) is 0 Å². The van der Waals surface area contributed by atoms with Crippen molar-refractivity contribution in [3.63, 3.8) is 0 Å². The summed E-state index contributed by atoms with van der Waals surface area (Å²) in [5.41, 5.74) is 10.5. The van der Waals surface area contributed by atoms with Gasteiger partial charge >= 0.3 is 6.03 Å². The molecule has 2 amide bonds. The molecule has 1 unspecified atom stereocenters. The Morgan fingerprint density at radius 3 is 2.71 bits per heavy atom. The van der Waals surface area contributed by atoms with Crippen molar-refractivity contribution in [3.8, 4) is 0 Å². The van der Waals surface area contributed by atoms with E-state index in [4.69, 9.17) is 5.11 Å². The molecule has 4 N–H and O–H groups in total. The Kier molecular flexibility index (Phi) is 6.59. The van der Waals surface area contributed by atoms with E-state index in [-0.39, 0.29) is 37.0 Å². The van der Waals surface area contributed by atoms with E-state index in [0.29, 0.717) is 5.92 Å². The highest BCUT2D eigenvalue weighted by molar-refractivity contribution is 5.74. The van der Waals surface area contributed by atoms with E-state index < -0.39 is 0 Å². The van der Waals surface area contributed by atoms with E-state index in [1.165, 1.54) is 28.9 Å². The fourth-order valence-electron chi connectivity index (χ4n) is 5.59. The van der Waals surface area contributed by atoms with Gasteiger partial charge in [0.05, 0.1) is 24.0 Å². The molecular weight excluding hydrogens is 443 g/mol. The molecule has 2 aromatic rings. The standard InChI is InChI=1S/C28H31FN4O2/c1-18-24-17-31-33(23-11-9-22(29)10-12-23)26(24)16-21-8-7-20(27(18)21)15-25(19-5-3-2-4-6-19)32-28(35)30-13-14-34/h2-6,9-12,16-18,20,25,31,34H,7-8,13-15H2,1H3,(H2,30,32,35)/t18-,20+,25?/m0/s1. The van der Waals surface area contributed by atoms with Gasteiger partial charge in [-0.15, -0.1) is 0 Å². The largest absolute Gasteiger partial charge is 0.395 e. The SMILES string of the molecule is C[C@H]1C2=CNN(c3ccc(F)cc3)C2=CC2=C1[C@@H](CC(NC(=O)NCCO)c1ccccc1)CC2. The molecule has 2 aliphatic carbocycles. The van der Waals surface area contributed by atoms with Gasteiger partial charge in [0.1, 0.15) is 5.82 Å². The van der Waals surface area contributed by atoms with Crippen molar-refractivity contribution >= 4 is 11.7 Å². The summed E-state index contributed by atoms with van der Waals surface area (Å²) < 4.78 is 13.4. The molecule has 6 nitrogen and oxygen atoms in total. The number of carbonyl (C=O) groups is 1. The van der Waals surface area contributed by atoms with E-state index >= 15 is 0 Å². The molecule has 3 atom stereocenters. The van der Waals surface area contributed by atoms with Crippen molar-refractivity contribution < 1.29 is 14.3 Å². The van der Waals surface area contributed by atoms with Crippen LogP contribution in [0.25, 0.3) is 0 Å². The van der Waals surface area contributed by atoms with Gasteiger partial charge in [0.15, 0.2) is 0 Å². The van der Waals surface area contributed by atoms with Crippen molar-refractivity contribution in [2.75, 3.05) is 18.2 Å². The molecule has 1 aliphatic heterocycles. The molecule has 0 spiro atoms. The van der Waals surface area contributed by atoms with Crippen molar-refractivity contribution in [1.82, 2.24) is 16.1 Å². The smallest absolute Gasteiger partial charge is 0.315 e. The fraction of sp³-hybridized carbons (Fsp3) is 0.321. The van der Waals surface area contributed by atoms with E-state index in [1.807, 2.05) is 41.5 Å². The number of halogens is 1. The van der Waals surface area contributed by atoms with Gasteiger partial charge in [-0.25, -0.2) is 9.18 Å². The number of aliphatic hydroxyl groups is 1. The fourth-order valence-corrected chi connectivity index (χ4v) is 5.59. The van der Waals surface area contributed by atoms with Gasteiger partial charge in [-0.3, -0.25) is 5.01 Å². The summed E-state index contributed by atoms with van der Waals surface area (Å²) in [6.45, 7) is 2.39. The number of fused-ring (bicyclic) bond motifs is 1. The lowest BCUT2D eigenvalue weighted by Crippen LogP contribution is -2.40. The molecule has 0 saturated carbocycles. The number of benzene rings is 2. The average Bonchev–Trinajstić information content (AvgIpc) is 3.48. The maximum atomic E-state index is 13.4. The number of hydrogen-bond acceptors (Lipinski definition) is 4. The van der Waals surface area contributed by atoms with E-state index in [2.05, 4.69) is 29.1 Å². The van der Waals surface area contributed by atoms with Crippen LogP contribution in [0.3, 0.4) is 0 Å². The van der Waals surface area contributed by atoms with Gasteiger partial charge in [-0.1, -0.05) is 42.8 Å². The first-order valence-corrected chi connectivity index (χ1v) is 12.2. The van der Waals surface area contributed by atoms with Crippen LogP contribution in [0.4, 0.5) is 14.9 Å². The zero-order chi connectivity index (χ0) is 24.4. The number of hydrogen-bond donors (Lipinski definition) is 4. The minimum absolute atomic E-state index is 0.0907. The molecule has 2 aromatic carbocycles. The Bertz CT molecular complexity index is 1170. The van der Waals surface area contributed by atoms with E-state index in [9.17, 15) is 9.18 Å². The molecule has 1 heterocycles. The predicted octanol–water partition coefficient (Wildman–Crippen LogP) is 4.70. The summed E-state index contributed by atoms with van der Waals surface area (Å²) in [5.74, 6) is 0.347. The van der Waals surface area contributed by atoms with Gasteiger partial charge in [-0.05, 0) is 66.7 Å². The molecule has 0 aromatic heterocycles. The second kappa shape index (κ2) is 9.96. The molecule has 5 rings (SSSR count). The minimum Gasteiger partial charge on any atom is -0.395 e. The predicted molar refractivity (Wildman–Crippen MR) is 135 cm³/mol. The van der Waals surface area contributed by atoms with Crippen LogP contribution in [-0.2, 0) is 0 Å². The van der Waals surface area contributed by atoms with Crippen molar-refractivity contribution in [2.45, 2.75) is 32.2 Å². The van der Waals surface area contributed by atoms with Crippen LogP contribution in [0.2, 0.25) is 0 Å². The maximum absolute atomic E-state index is 13.4. The number of amides is 2. The highest BCUT2D eigenvalue weighted by Gasteiger charge is 2.39. The minimum atomic E-state index is -0.267. The number of anilines is 1. The number of carbonyl (C=O) groups excluding carboxylic acids is 1. The van der Waals surface area contributed by atoms with Crippen molar-refractivity contribution in [1.29, 1.82) is 0 Å². The first-order chi connectivity index (χ1) is 17.0.